The fraction of sp³-hybridized carbons (Fsp3) is 0.400. The minimum Gasteiger partial charge on any atom is -0.495 e. The number of methoxy groups -OCH3 is 1. The molecule has 0 unspecified atom stereocenters. The first kappa shape index (κ1) is 14.2. The van der Waals surface area contributed by atoms with Crippen LogP contribution in [-0.4, -0.2) is 28.6 Å². The molecule has 0 saturated carbocycles. The SMILES string of the molecule is CCCNc1nc(C)c(C)nc1-c1cncc(OC)c1. The minimum absolute atomic E-state index is 0.712. The highest BCUT2D eigenvalue weighted by Crippen LogP contribution is 2.27. The lowest BCUT2D eigenvalue weighted by molar-refractivity contribution is 0.413. The van der Waals surface area contributed by atoms with Crippen molar-refractivity contribution in [2.24, 2.45) is 0 Å². The smallest absolute Gasteiger partial charge is 0.152 e. The molecule has 2 heterocycles. The van der Waals surface area contributed by atoms with Gasteiger partial charge in [0.05, 0.1) is 24.7 Å². The monoisotopic (exact) mass is 272 g/mol. The number of rotatable bonds is 5. The van der Waals surface area contributed by atoms with Gasteiger partial charge in [-0.05, 0) is 26.3 Å². The van der Waals surface area contributed by atoms with Crippen LogP contribution in [0.3, 0.4) is 0 Å². The number of hydrogen-bond acceptors (Lipinski definition) is 5. The Balaban J connectivity index is 2.49. The molecule has 0 atom stereocenters. The first-order valence-corrected chi connectivity index (χ1v) is 6.74. The predicted octanol–water partition coefficient (Wildman–Crippen LogP) is 2.99. The van der Waals surface area contributed by atoms with Crippen molar-refractivity contribution >= 4 is 5.82 Å². The van der Waals surface area contributed by atoms with Crippen LogP contribution in [-0.2, 0) is 0 Å². The summed E-state index contributed by atoms with van der Waals surface area (Å²) in [6.07, 6.45) is 4.49. The molecule has 0 radical (unpaired) electrons. The fourth-order valence-corrected chi connectivity index (χ4v) is 1.83. The topological polar surface area (TPSA) is 59.9 Å². The normalized spacial score (nSPS) is 10.4. The van der Waals surface area contributed by atoms with Crippen molar-refractivity contribution in [1.29, 1.82) is 0 Å². The molecule has 0 fully saturated rings. The Kier molecular flexibility index (Phi) is 4.50. The summed E-state index contributed by atoms with van der Waals surface area (Å²) in [6, 6.07) is 1.92. The second kappa shape index (κ2) is 6.32. The molecule has 2 aromatic rings. The Labute approximate surface area is 119 Å². The number of ether oxygens (including phenoxy) is 1. The lowest BCUT2D eigenvalue weighted by atomic mass is 10.2. The first-order valence-electron chi connectivity index (χ1n) is 6.74. The molecule has 5 nitrogen and oxygen atoms in total. The summed E-state index contributed by atoms with van der Waals surface area (Å²) in [5.41, 5.74) is 3.57. The van der Waals surface area contributed by atoms with E-state index in [0.29, 0.717) is 5.75 Å². The van der Waals surface area contributed by atoms with E-state index in [0.717, 1.165) is 41.4 Å². The molecular formula is C15H20N4O. The summed E-state index contributed by atoms with van der Waals surface area (Å²) >= 11 is 0. The second-order valence-electron chi connectivity index (χ2n) is 4.63. The highest BCUT2D eigenvalue weighted by atomic mass is 16.5. The van der Waals surface area contributed by atoms with Crippen LogP contribution >= 0.6 is 0 Å². The Hall–Kier alpha value is -2.17. The molecule has 0 aliphatic carbocycles. The van der Waals surface area contributed by atoms with E-state index in [1.54, 1.807) is 19.5 Å². The van der Waals surface area contributed by atoms with Crippen molar-refractivity contribution in [2.75, 3.05) is 19.0 Å². The van der Waals surface area contributed by atoms with Gasteiger partial charge < -0.3 is 10.1 Å². The van der Waals surface area contributed by atoms with E-state index >= 15 is 0 Å². The standard InChI is InChI=1S/C15H20N4O/c1-5-6-17-15-14(18-10(2)11(3)19-15)12-7-13(20-4)9-16-8-12/h7-9H,5-6H2,1-4H3,(H,17,19). The molecule has 0 spiro atoms. The highest BCUT2D eigenvalue weighted by Gasteiger charge is 2.12. The molecule has 0 aromatic carbocycles. The van der Waals surface area contributed by atoms with E-state index in [4.69, 9.17) is 4.74 Å². The molecule has 0 aliphatic heterocycles. The van der Waals surface area contributed by atoms with Gasteiger partial charge in [0.1, 0.15) is 11.4 Å². The van der Waals surface area contributed by atoms with Gasteiger partial charge in [0, 0.05) is 18.3 Å². The van der Waals surface area contributed by atoms with Crippen molar-refractivity contribution in [1.82, 2.24) is 15.0 Å². The van der Waals surface area contributed by atoms with Crippen molar-refractivity contribution in [2.45, 2.75) is 27.2 Å². The zero-order chi connectivity index (χ0) is 14.5. The van der Waals surface area contributed by atoms with Crippen LogP contribution in [0.2, 0.25) is 0 Å². The quantitative estimate of drug-likeness (QED) is 0.906. The first-order chi connectivity index (χ1) is 9.65. The maximum absolute atomic E-state index is 5.22. The average Bonchev–Trinajstić information content (AvgIpc) is 2.48. The van der Waals surface area contributed by atoms with Gasteiger partial charge in [-0.15, -0.1) is 0 Å². The molecule has 0 aliphatic rings. The number of anilines is 1. The van der Waals surface area contributed by atoms with Crippen LogP contribution in [0, 0.1) is 13.8 Å². The summed E-state index contributed by atoms with van der Waals surface area (Å²) in [5.74, 6) is 1.51. The lowest BCUT2D eigenvalue weighted by Gasteiger charge is -2.12. The highest BCUT2D eigenvalue weighted by molar-refractivity contribution is 5.72. The van der Waals surface area contributed by atoms with Gasteiger partial charge >= 0.3 is 0 Å². The maximum atomic E-state index is 5.22. The number of hydrogen-bond donors (Lipinski definition) is 1. The van der Waals surface area contributed by atoms with Crippen LogP contribution in [0.5, 0.6) is 5.75 Å². The minimum atomic E-state index is 0.712. The summed E-state index contributed by atoms with van der Waals surface area (Å²) in [5, 5.41) is 3.32. The molecule has 106 valence electrons. The third-order valence-electron chi connectivity index (χ3n) is 3.07. The Bertz CT molecular complexity index is 598. The summed E-state index contributed by atoms with van der Waals surface area (Å²) in [4.78, 5) is 13.4. The van der Waals surface area contributed by atoms with Crippen LogP contribution in [0.15, 0.2) is 18.5 Å². The van der Waals surface area contributed by atoms with Gasteiger partial charge in [0.2, 0.25) is 0 Å². The Morgan fingerprint density at radius 3 is 2.60 bits per heavy atom. The molecule has 0 amide bonds. The zero-order valence-corrected chi connectivity index (χ0v) is 12.4. The second-order valence-corrected chi connectivity index (χ2v) is 4.63. The van der Waals surface area contributed by atoms with Gasteiger partial charge in [-0.1, -0.05) is 6.92 Å². The van der Waals surface area contributed by atoms with E-state index in [9.17, 15) is 0 Å². The number of aromatic nitrogens is 3. The van der Waals surface area contributed by atoms with Gasteiger partial charge in [-0.2, -0.15) is 0 Å². The zero-order valence-electron chi connectivity index (χ0n) is 12.4. The van der Waals surface area contributed by atoms with E-state index in [2.05, 4.69) is 27.2 Å². The summed E-state index contributed by atoms with van der Waals surface area (Å²) in [6.45, 7) is 6.91. The fourth-order valence-electron chi connectivity index (χ4n) is 1.83. The Morgan fingerprint density at radius 2 is 1.90 bits per heavy atom. The van der Waals surface area contributed by atoms with Crippen molar-refractivity contribution in [3.05, 3.63) is 29.8 Å². The molecule has 0 bridgehead atoms. The van der Waals surface area contributed by atoms with Crippen molar-refractivity contribution in [3.8, 4) is 17.0 Å². The van der Waals surface area contributed by atoms with Gasteiger partial charge in [0.15, 0.2) is 5.82 Å². The van der Waals surface area contributed by atoms with Crippen LogP contribution in [0.4, 0.5) is 5.82 Å². The van der Waals surface area contributed by atoms with Crippen LogP contribution in [0.1, 0.15) is 24.7 Å². The molecule has 5 heteroatoms. The molecule has 20 heavy (non-hydrogen) atoms. The summed E-state index contributed by atoms with van der Waals surface area (Å²) in [7, 11) is 1.63. The van der Waals surface area contributed by atoms with Crippen molar-refractivity contribution in [3.63, 3.8) is 0 Å². The van der Waals surface area contributed by atoms with Crippen LogP contribution < -0.4 is 10.1 Å². The van der Waals surface area contributed by atoms with Gasteiger partial charge in [0.25, 0.3) is 0 Å². The largest absolute Gasteiger partial charge is 0.495 e. The molecule has 1 N–H and O–H groups in total. The third-order valence-corrected chi connectivity index (χ3v) is 3.07. The van der Waals surface area contributed by atoms with Crippen LogP contribution in [0.25, 0.3) is 11.3 Å². The number of nitrogens with zero attached hydrogens (tertiary/aromatic N) is 3. The summed E-state index contributed by atoms with van der Waals surface area (Å²) < 4.78 is 5.22. The third kappa shape index (κ3) is 3.04. The molecule has 0 saturated heterocycles. The number of pyridine rings is 1. The van der Waals surface area contributed by atoms with Crippen molar-refractivity contribution < 1.29 is 4.74 Å². The molecule has 2 rings (SSSR count). The van der Waals surface area contributed by atoms with Gasteiger partial charge in [-0.25, -0.2) is 9.97 Å². The van der Waals surface area contributed by atoms with E-state index < -0.39 is 0 Å². The maximum Gasteiger partial charge on any atom is 0.152 e. The lowest BCUT2D eigenvalue weighted by Crippen LogP contribution is -2.07. The van der Waals surface area contributed by atoms with E-state index in [1.807, 2.05) is 19.9 Å². The molecule has 2 aromatic heterocycles. The number of nitrogens with one attached hydrogen (secondary N) is 1. The van der Waals surface area contributed by atoms with E-state index in [1.165, 1.54) is 0 Å². The number of aryl methyl sites for hydroxylation is 2. The van der Waals surface area contributed by atoms with E-state index in [-0.39, 0.29) is 0 Å². The van der Waals surface area contributed by atoms with Gasteiger partial charge in [-0.3, -0.25) is 4.98 Å². The predicted molar refractivity (Wildman–Crippen MR) is 80.1 cm³/mol. The average molecular weight is 272 g/mol. The molecular weight excluding hydrogens is 252 g/mol. The Morgan fingerprint density at radius 1 is 1.15 bits per heavy atom.